The van der Waals surface area contributed by atoms with E-state index in [9.17, 15) is 10.1 Å². The third-order valence-electron chi connectivity index (χ3n) is 1.59. The summed E-state index contributed by atoms with van der Waals surface area (Å²) in [7, 11) is 0. The largest absolute Gasteiger partial charge is 0.392 e. The van der Waals surface area contributed by atoms with Gasteiger partial charge in [-0.15, -0.1) is 0 Å². The van der Waals surface area contributed by atoms with E-state index in [2.05, 4.69) is 0 Å². The molecule has 0 aliphatic carbocycles. The lowest BCUT2D eigenvalue weighted by atomic mass is 10.1. The predicted molar refractivity (Wildman–Crippen MR) is 43.1 cm³/mol. The molecule has 0 aromatic heterocycles. The lowest BCUT2D eigenvalue weighted by molar-refractivity contribution is -0.497. The third-order valence-corrected chi connectivity index (χ3v) is 1.59. The highest BCUT2D eigenvalue weighted by atomic mass is 16.6. The number of aliphatic hydroxyl groups excluding tert-OH is 1. The topological polar surface area (TPSA) is 63.4 Å². The molecule has 12 heavy (non-hydrogen) atoms. The molecular formula is C8H9NO3. The van der Waals surface area contributed by atoms with Crippen molar-refractivity contribution in [3.8, 4) is 0 Å². The standard InChI is InChI=1S/C8H9NO3/c10-6-8-4-2-1-3-7(8)5-9(11)12/h1-4,10H,5-6H2. The molecule has 0 radical (unpaired) electrons. The van der Waals surface area contributed by atoms with Crippen LogP contribution in [0.2, 0.25) is 0 Å². The normalized spacial score (nSPS) is 9.75. The fourth-order valence-corrected chi connectivity index (χ4v) is 1.01. The summed E-state index contributed by atoms with van der Waals surface area (Å²) < 4.78 is 0. The minimum Gasteiger partial charge on any atom is -0.392 e. The van der Waals surface area contributed by atoms with Gasteiger partial charge in [-0.2, -0.15) is 0 Å². The maximum Gasteiger partial charge on any atom is 0.229 e. The van der Waals surface area contributed by atoms with Crippen molar-refractivity contribution in [1.82, 2.24) is 0 Å². The molecule has 0 amide bonds. The monoisotopic (exact) mass is 167 g/mol. The van der Waals surface area contributed by atoms with Crippen molar-refractivity contribution in [3.05, 3.63) is 45.5 Å². The first-order valence-corrected chi connectivity index (χ1v) is 3.53. The highest BCUT2D eigenvalue weighted by Gasteiger charge is 2.05. The van der Waals surface area contributed by atoms with Crippen LogP contribution in [-0.2, 0) is 13.2 Å². The molecule has 0 saturated carbocycles. The van der Waals surface area contributed by atoms with Crippen LogP contribution >= 0.6 is 0 Å². The Labute approximate surface area is 69.6 Å². The molecule has 0 saturated heterocycles. The average molecular weight is 167 g/mol. The van der Waals surface area contributed by atoms with Crippen molar-refractivity contribution >= 4 is 0 Å². The molecule has 1 rings (SSSR count). The second kappa shape index (κ2) is 3.82. The zero-order valence-electron chi connectivity index (χ0n) is 6.43. The fourth-order valence-electron chi connectivity index (χ4n) is 1.01. The van der Waals surface area contributed by atoms with Gasteiger partial charge in [-0.25, -0.2) is 0 Å². The maximum absolute atomic E-state index is 10.2. The van der Waals surface area contributed by atoms with Crippen molar-refractivity contribution < 1.29 is 10.0 Å². The van der Waals surface area contributed by atoms with Gasteiger partial charge in [0, 0.05) is 10.5 Å². The first-order valence-electron chi connectivity index (χ1n) is 3.53. The molecule has 0 spiro atoms. The first kappa shape index (κ1) is 8.67. The number of nitrogens with zero attached hydrogens (tertiary/aromatic N) is 1. The lowest BCUT2D eigenvalue weighted by Crippen LogP contribution is -2.01. The van der Waals surface area contributed by atoms with Crippen molar-refractivity contribution in [1.29, 1.82) is 0 Å². The maximum atomic E-state index is 10.2. The molecule has 4 nitrogen and oxygen atoms in total. The zero-order valence-corrected chi connectivity index (χ0v) is 6.43. The zero-order chi connectivity index (χ0) is 8.97. The molecule has 0 fully saturated rings. The van der Waals surface area contributed by atoms with Crippen LogP contribution in [0.1, 0.15) is 11.1 Å². The van der Waals surface area contributed by atoms with E-state index in [-0.39, 0.29) is 13.2 Å². The van der Waals surface area contributed by atoms with Gasteiger partial charge in [-0.3, -0.25) is 10.1 Å². The molecule has 1 aromatic rings. The average Bonchev–Trinajstić information content (AvgIpc) is 2.04. The summed E-state index contributed by atoms with van der Waals surface area (Å²) in [4.78, 5) is 9.75. The molecule has 0 bridgehead atoms. The predicted octanol–water partition coefficient (Wildman–Crippen LogP) is 0.956. The third kappa shape index (κ3) is 2.03. The van der Waals surface area contributed by atoms with Crippen LogP contribution in [0.3, 0.4) is 0 Å². The Hall–Kier alpha value is -1.42. The van der Waals surface area contributed by atoms with Gasteiger partial charge in [0.2, 0.25) is 6.54 Å². The van der Waals surface area contributed by atoms with Gasteiger partial charge in [0.25, 0.3) is 0 Å². The van der Waals surface area contributed by atoms with Crippen molar-refractivity contribution in [2.24, 2.45) is 0 Å². The van der Waals surface area contributed by atoms with E-state index < -0.39 is 4.92 Å². The van der Waals surface area contributed by atoms with Gasteiger partial charge < -0.3 is 5.11 Å². The Balaban J connectivity index is 2.89. The summed E-state index contributed by atoms with van der Waals surface area (Å²) in [5, 5.41) is 19.0. The van der Waals surface area contributed by atoms with E-state index >= 15 is 0 Å². The highest BCUT2D eigenvalue weighted by molar-refractivity contribution is 5.25. The Bertz CT molecular complexity index is 285. The first-order chi connectivity index (χ1) is 5.74. The molecule has 1 N–H and O–H groups in total. The van der Waals surface area contributed by atoms with Crippen molar-refractivity contribution in [2.45, 2.75) is 13.2 Å². The number of nitro groups is 1. The Morgan fingerprint density at radius 3 is 2.42 bits per heavy atom. The molecule has 1 aromatic carbocycles. The summed E-state index contributed by atoms with van der Waals surface area (Å²) >= 11 is 0. The van der Waals surface area contributed by atoms with Gasteiger partial charge in [0.05, 0.1) is 6.61 Å². The molecule has 0 heterocycles. The van der Waals surface area contributed by atoms with E-state index in [0.717, 1.165) is 0 Å². The molecule has 64 valence electrons. The quantitative estimate of drug-likeness (QED) is 0.538. The number of rotatable bonds is 3. The Morgan fingerprint density at radius 1 is 1.33 bits per heavy atom. The van der Waals surface area contributed by atoms with Gasteiger partial charge in [-0.1, -0.05) is 24.3 Å². The van der Waals surface area contributed by atoms with Gasteiger partial charge in [-0.05, 0) is 5.56 Å². The fraction of sp³-hybridized carbons (Fsp3) is 0.250. The van der Waals surface area contributed by atoms with E-state index in [1.807, 2.05) is 0 Å². The summed E-state index contributed by atoms with van der Waals surface area (Å²) in [5.41, 5.74) is 1.19. The summed E-state index contributed by atoms with van der Waals surface area (Å²) in [5.74, 6) is 0. The number of hydrogen-bond donors (Lipinski definition) is 1. The summed E-state index contributed by atoms with van der Waals surface area (Å²) in [6.07, 6.45) is 0. The molecule has 0 aliphatic heterocycles. The molecular weight excluding hydrogens is 158 g/mol. The van der Waals surface area contributed by atoms with E-state index in [4.69, 9.17) is 5.11 Å². The molecule has 0 atom stereocenters. The van der Waals surface area contributed by atoms with Crippen molar-refractivity contribution in [3.63, 3.8) is 0 Å². The lowest BCUT2D eigenvalue weighted by Gasteiger charge is -2.00. The van der Waals surface area contributed by atoms with E-state index in [1.54, 1.807) is 24.3 Å². The number of benzene rings is 1. The minimum atomic E-state index is -0.408. The SMILES string of the molecule is O=[N+]([O-])Cc1ccccc1CO. The second-order valence-corrected chi connectivity index (χ2v) is 2.42. The van der Waals surface area contributed by atoms with Gasteiger partial charge in [0.15, 0.2) is 0 Å². The smallest absolute Gasteiger partial charge is 0.229 e. The van der Waals surface area contributed by atoms with E-state index in [1.165, 1.54) is 0 Å². The molecule has 4 heteroatoms. The van der Waals surface area contributed by atoms with Crippen LogP contribution in [0, 0.1) is 10.1 Å². The Kier molecular flexibility index (Phi) is 2.76. The van der Waals surface area contributed by atoms with Crippen LogP contribution in [0.5, 0.6) is 0 Å². The van der Waals surface area contributed by atoms with Crippen LogP contribution in [0.15, 0.2) is 24.3 Å². The summed E-state index contributed by atoms with van der Waals surface area (Å²) in [6, 6.07) is 6.79. The molecule has 0 aliphatic rings. The van der Waals surface area contributed by atoms with Gasteiger partial charge >= 0.3 is 0 Å². The van der Waals surface area contributed by atoms with Crippen LogP contribution in [0.4, 0.5) is 0 Å². The summed E-state index contributed by atoms with van der Waals surface area (Å²) in [6.45, 7) is -0.374. The van der Waals surface area contributed by atoms with E-state index in [0.29, 0.717) is 11.1 Å². The highest BCUT2D eigenvalue weighted by Crippen LogP contribution is 2.08. The Morgan fingerprint density at radius 2 is 1.92 bits per heavy atom. The number of hydrogen-bond acceptors (Lipinski definition) is 3. The van der Waals surface area contributed by atoms with Crippen LogP contribution in [0.25, 0.3) is 0 Å². The minimum absolute atomic E-state index is 0.149. The van der Waals surface area contributed by atoms with Crippen molar-refractivity contribution in [2.75, 3.05) is 0 Å². The van der Waals surface area contributed by atoms with Crippen LogP contribution in [-0.4, -0.2) is 10.0 Å². The second-order valence-electron chi connectivity index (χ2n) is 2.42. The van der Waals surface area contributed by atoms with Gasteiger partial charge in [0.1, 0.15) is 0 Å². The number of aliphatic hydroxyl groups is 1. The van der Waals surface area contributed by atoms with Crippen LogP contribution < -0.4 is 0 Å². The molecule has 0 unspecified atom stereocenters.